The Bertz CT molecular complexity index is 960. The van der Waals surface area contributed by atoms with E-state index in [0.29, 0.717) is 5.56 Å². The number of phosphoric ester groups is 1. The zero-order valence-electron chi connectivity index (χ0n) is 14.4. The molecule has 1 fully saturated rings. The summed E-state index contributed by atoms with van der Waals surface area (Å²) >= 11 is 0. The third-order valence-corrected chi connectivity index (χ3v) is 7.19. The van der Waals surface area contributed by atoms with Crippen LogP contribution in [0.1, 0.15) is 18.2 Å². The fraction of sp³-hybridized carbons (Fsp3) is 0.600. The fourth-order valence-corrected chi connectivity index (χ4v) is 5.18. The van der Waals surface area contributed by atoms with Gasteiger partial charge in [-0.05, 0) is 6.92 Å². The Morgan fingerprint density at radius 2 is 1.97 bits per heavy atom. The maximum atomic E-state index is 11.9. The van der Waals surface area contributed by atoms with Crippen molar-refractivity contribution in [2.24, 2.45) is 0 Å². The molecule has 166 valence electrons. The van der Waals surface area contributed by atoms with Crippen molar-refractivity contribution in [3.8, 4) is 0 Å². The number of aliphatic hydroxyl groups is 1. The molecule has 0 radical (unpaired) electrons. The second kappa shape index (κ2) is 8.63. The lowest BCUT2D eigenvalue weighted by atomic mass is 10.2. The van der Waals surface area contributed by atoms with Gasteiger partial charge in [-0.3, -0.25) is 18.0 Å². The van der Waals surface area contributed by atoms with Gasteiger partial charge in [-0.2, -0.15) is 4.98 Å². The lowest BCUT2D eigenvalue weighted by Gasteiger charge is -2.35. The van der Waals surface area contributed by atoms with Crippen molar-refractivity contribution in [3.05, 3.63) is 22.2 Å². The predicted molar refractivity (Wildman–Crippen MR) is 85.3 cm³/mol. The van der Waals surface area contributed by atoms with Crippen LogP contribution in [0, 0.1) is 6.92 Å². The number of aryl methyl sites for hydroxylation is 1. The van der Waals surface area contributed by atoms with E-state index in [9.17, 15) is 43.2 Å². The summed E-state index contributed by atoms with van der Waals surface area (Å²) in [6.45, 7) is 0.656. The smallest absolute Gasteiger partial charge is 0.478 e. The summed E-state index contributed by atoms with van der Waals surface area (Å²) in [6.07, 6.45) is -2.51. The summed E-state index contributed by atoms with van der Waals surface area (Å²) < 4.78 is 50.3. The van der Waals surface area contributed by atoms with Crippen LogP contribution in [0.5, 0.6) is 0 Å². The summed E-state index contributed by atoms with van der Waals surface area (Å²) in [5.41, 5.74) is 5.16. The van der Waals surface area contributed by atoms with Gasteiger partial charge in [0.25, 0.3) is 7.82 Å². The quantitative estimate of drug-likeness (QED) is 0.319. The summed E-state index contributed by atoms with van der Waals surface area (Å²) in [4.78, 5) is 56.5. The van der Waals surface area contributed by atoms with Gasteiger partial charge >= 0.3 is 13.5 Å². The highest BCUT2D eigenvalue weighted by atomic mass is 31.3. The number of phosphoric acid groups is 3. The number of nitrogens with zero attached hydrogens (tertiary/aromatic N) is 2. The monoisotopic (exact) mass is 478 g/mol. The van der Waals surface area contributed by atoms with Crippen molar-refractivity contribution in [3.63, 3.8) is 0 Å². The molecule has 2 heterocycles. The Morgan fingerprint density at radius 3 is 2.55 bits per heavy atom. The first-order chi connectivity index (χ1) is 13.1. The molecule has 29 heavy (non-hydrogen) atoms. The lowest BCUT2D eigenvalue weighted by molar-refractivity contribution is -0.339. The van der Waals surface area contributed by atoms with Crippen LogP contribution >= 0.6 is 23.5 Å². The van der Waals surface area contributed by atoms with Crippen molar-refractivity contribution < 1.29 is 56.3 Å². The molecule has 1 aliphatic heterocycles. The molecular weight excluding hydrogens is 463 g/mol. The van der Waals surface area contributed by atoms with E-state index in [2.05, 4.69) is 18.1 Å². The van der Waals surface area contributed by atoms with Gasteiger partial charge in [0.15, 0.2) is 0 Å². The molecule has 0 spiro atoms. The molecule has 0 aromatic carbocycles. The van der Waals surface area contributed by atoms with Crippen LogP contribution < -0.4 is 26.1 Å². The molecule has 2 rings (SSSR count). The number of anilines is 1. The first kappa shape index (κ1) is 24.3. The topological polar surface area (TPSA) is 259 Å². The maximum Gasteiger partial charge on any atom is 0.478 e. The van der Waals surface area contributed by atoms with E-state index in [1.807, 2.05) is 0 Å². The highest BCUT2D eigenvalue weighted by molar-refractivity contribution is 7.65. The van der Waals surface area contributed by atoms with Crippen molar-refractivity contribution in [2.75, 3.05) is 12.3 Å². The molecule has 1 aromatic rings. The normalized spacial score (nSPS) is 26.8. The number of hydrogen-bond donors (Lipinski definition) is 3. The Balaban J connectivity index is 2.02. The van der Waals surface area contributed by atoms with Gasteiger partial charge in [-0.1, -0.05) is 0 Å². The third-order valence-electron chi connectivity index (χ3n) is 3.49. The fourth-order valence-electron chi connectivity index (χ4n) is 2.28. The Kier molecular flexibility index (Phi) is 7.23. The van der Waals surface area contributed by atoms with Gasteiger partial charge in [-0.15, -0.1) is 0 Å². The zero-order chi connectivity index (χ0) is 22.2. The van der Waals surface area contributed by atoms with E-state index in [4.69, 9.17) is 10.5 Å². The van der Waals surface area contributed by atoms with E-state index in [0.717, 1.165) is 4.57 Å². The van der Waals surface area contributed by atoms with Crippen LogP contribution in [0.15, 0.2) is 11.0 Å². The van der Waals surface area contributed by atoms with Crippen LogP contribution in [0.25, 0.3) is 0 Å². The van der Waals surface area contributed by atoms with Crippen LogP contribution in [-0.2, 0) is 31.6 Å². The van der Waals surface area contributed by atoms with Crippen molar-refractivity contribution in [2.45, 2.75) is 31.8 Å². The summed E-state index contributed by atoms with van der Waals surface area (Å²) in [5.74, 6) is -0.00647. The molecule has 5 atom stereocenters. The van der Waals surface area contributed by atoms with Crippen molar-refractivity contribution in [1.82, 2.24) is 9.55 Å². The number of ether oxygens (including phenoxy) is 1. The number of aromatic nitrogens is 2. The average molecular weight is 478 g/mol. The van der Waals surface area contributed by atoms with Gasteiger partial charge in [-0.25, -0.2) is 13.7 Å². The molecule has 0 saturated carbocycles. The number of nitrogen functional groups attached to an aromatic ring is 1. The molecule has 5 unspecified atom stereocenters. The van der Waals surface area contributed by atoms with Gasteiger partial charge in [0.05, 0.1) is 20.5 Å². The highest BCUT2D eigenvalue weighted by Crippen LogP contribution is 2.62. The molecule has 0 bridgehead atoms. The largest absolute Gasteiger partial charge is 0.790 e. The van der Waals surface area contributed by atoms with Crippen molar-refractivity contribution in [1.29, 1.82) is 0 Å². The average Bonchev–Trinajstić information content (AvgIpc) is 2.86. The zero-order valence-corrected chi connectivity index (χ0v) is 17.1. The molecule has 0 amide bonds. The van der Waals surface area contributed by atoms with E-state index < -0.39 is 54.2 Å². The molecular formula is C10H15N3O13P3-3. The molecule has 16 nitrogen and oxygen atoms in total. The molecule has 1 aromatic heterocycles. The minimum Gasteiger partial charge on any atom is -0.790 e. The standard InChI is InChI=1S/C10H18N3O13P3/c1-5-3-13(10(15)12-9(5)11)8-2-6(14)7(24-8)4-23-28(19,20)26-29(21,22)25-27(16,17)18/h3,6-8,14H,2,4H2,1H3,(H,19,20)(H,21,22)(H2,11,12,15)(H2,16,17,18)/p-3. The highest BCUT2D eigenvalue weighted by Gasteiger charge is 2.38. The Hall–Kier alpha value is -0.990. The number of rotatable bonds is 8. The lowest BCUT2D eigenvalue weighted by Crippen LogP contribution is -2.29. The van der Waals surface area contributed by atoms with E-state index in [-0.39, 0.29) is 12.2 Å². The van der Waals surface area contributed by atoms with Gasteiger partial charge in [0.2, 0.25) is 0 Å². The third kappa shape index (κ3) is 7.03. The first-order valence-electron chi connectivity index (χ1n) is 7.50. The van der Waals surface area contributed by atoms with Gasteiger partial charge in [0.1, 0.15) is 18.1 Å². The van der Waals surface area contributed by atoms with E-state index in [1.165, 1.54) is 6.20 Å². The molecule has 0 aliphatic carbocycles. The Labute approximate surface area is 162 Å². The van der Waals surface area contributed by atoms with Crippen LogP contribution in [0.3, 0.4) is 0 Å². The van der Waals surface area contributed by atoms with Crippen molar-refractivity contribution >= 4 is 29.3 Å². The minimum absolute atomic E-state index is 0.00647. The molecule has 1 aliphatic rings. The summed E-state index contributed by atoms with van der Waals surface area (Å²) in [6, 6.07) is 0. The van der Waals surface area contributed by atoms with Crippen LogP contribution in [0.2, 0.25) is 0 Å². The van der Waals surface area contributed by atoms with Crippen LogP contribution in [0.4, 0.5) is 5.82 Å². The minimum atomic E-state index is -6.08. The SMILES string of the molecule is Cc1cn(C2CC(O)C(COP(=O)(O)OP(=O)([O-])OP(=O)([O-])[O-])O2)c(=O)nc1N. The number of nitrogens with two attached hydrogens (primary N) is 1. The molecule has 4 N–H and O–H groups in total. The second-order valence-electron chi connectivity index (χ2n) is 5.75. The van der Waals surface area contributed by atoms with E-state index >= 15 is 0 Å². The molecule has 1 saturated heterocycles. The predicted octanol–water partition coefficient (Wildman–Crippen LogP) is -2.77. The van der Waals surface area contributed by atoms with Gasteiger partial charge in [0, 0.05) is 18.2 Å². The summed E-state index contributed by atoms with van der Waals surface area (Å²) in [5, 5.41) is 9.98. The van der Waals surface area contributed by atoms with Crippen LogP contribution in [-0.4, -0.2) is 38.4 Å². The first-order valence-corrected chi connectivity index (χ1v) is 11.9. The molecule has 19 heteroatoms. The van der Waals surface area contributed by atoms with Gasteiger partial charge < -0.3 is 39.7 Å². The van der Waals surface area contributed by atoms with E-state index in [1.54, 1.807) is 6.92 Å². The summed E-state index contributed by atoms with van der Waals surface area (Å²) in [7, 11) is -17.6. The number of aliphatic hydroxyl groups excluding tert-OH is 1. The Morgan fingerprint density at radius 1 is 1.34 bits per heavy atom. The second-order valence-corrected chi connectivity index (χ2v) is 10.0. The maximum absolute atomic E-state index is 11.9. The number of hydrogen-bond acceptors (Lipinski definition) is 14.